The van der Waals surface area contributed by atoms with Crippen LogP contribution in [-0.2, 0) is 19.4 Å². The number of ether oxygens (including phenoxy) is 1. The Hall–Kier alpha value is -3.01. The average molecular weight is 399 g/mol. The van der Waals surface area contributed by atoms with Crippen LogP contribution in [0.1, 0.15) is 11.6 Å². The molecule has 0 bridgehead atoms. The van der Waals surface area contributed by atoms with Crippen molar-refractivity contribution in [2.24, 2.45) is 0 Å². The zero-order valence-electron chi connectivity index (χ0n) is 14.0. The van der Waals surface area contributed by atoms with Crippen LogP contribution < -0.4 is 10.1 Å². The smallest absolute Gasteiger partial charge is 0.331 e. The summed E-state index contributed by atoms with van der Waals surface area (Å²) in [6.07, 6.45) is 1.01. The van der Waals surface area contributed by atoms with E-state index in [1.165, 1.54) is 24.3 Å². The van der Waals surface area contributed by atoms with Crippen LogP contribution in [0.2, 0.25) is 0 Å². The molecule has 0 aromatic heterocycles. The molecule has 2 N–H and O–H groups in total. The number of hydrogen-bond acceptors (Lipinski definition) is 5. The molecule has 144 valence electrons. The Bertz CT molecular complexity index is 977. The summed E-state index contributed by atoms with van der Waals surface area (Å²) < 4.78 is 54.9. The molecule has 2 aromatic rings. The molecule has 0 saturated carbocycles. The largest absolute Gasteiger partial charge is 0.484 e. The molecule has 27 heavy (non-hydrogen) atoms. The van der Waals surface area contributed by atoms with E-state index in [0.717, 1.165) is 18.4 Å². The molecular formula is C17H15F2NO6S. The first-order chi connectivity index (χ1) is 12.6. The van der Waals surface area contributed by atoms with Crippen molar-refractivity contribution in [3.05, 3.63) is 59.7 Å². The molecule has 0 aliphatic carbocycles. The van der Waals surface area contributed by atoms with Crippen molar-refractivity contribution >= 4 is 21.7 Å². The lowest BCUT2D eigenvalue weighted by molar-refractivity contribution is -0.142. The van der Waals surface area contributed by atoms with Crippen molar-refractivity contribution in [3.63, 3.8) is 0 Å². The number of nitrogens with one attached hydrogen (secondary N) is 1. The van der Waals surface area contributed by atoms with Crippen molar-refractivity contribution in [1.82, 2.24) is 5.32 Å². The van der Waals surface area contributed by atoms with Crippen molar-refractivity contribution in [3.8, 4) is 5.75 Å². The van der Waals surface area contributed by atoms with Crippen molar-refractivity contribution in [1.29, 1.82) is 0 Å². The molecule has 0 aliphatic rings. The number of amides is 1. The monoisotopic (exact) mass is 399 g/mol. The van der Waals surface area contributed by atoms with Crippen molar-refractivity contribution < 1.29 is 36.6 Å². The summed E-state index contributed by atoms with van der Waals surface area (Å²) in [5, 5.41) is 11.3. The Morgan fingerprint density at radius 2 is 1.89 bits per heavy atom. The lowest BCUT2D eigenvalue weighted by Gasteiger charge is -2.16. The molecule has 0 radical (unpaired) electrons. The topological polar surface area (TPSA) is 110 Å². The summed E-state index contributed by atoms with van der Waals surface area (Å²) >= 11 is 0. The highest BCUT2D eigenvalue weighted by Crippen LogP contribution is 2.19. The minimum Gasteiger partial charge on any atom is -0.484 e. The van der Waals surface area contributed by atoms with Gasteiger partial charge in [-0.15, -0.1) is 0 Å². The Balaban J connectivity index is 2.08. The van der Waals surface area contributed by atoms with Crippen LogP contribution in [0, 0.1) is 11.6 Å². The maximum atomic E-state index is 13.8. The maximum absolute atomic E-state index is 13.8. The third-order valence-electron chi connectivity index (χ3n) is 3.43. The maximum Gasteiger partial charge on any atom is 0.331 e. The molecule has 1 amide bonds. The number of sulfone groups is 1. The second-order valence-corrected chi connectivity index (χ2v) is 7.56. The van der Waals surface area contributed by atoms with Crippen LogP contribution in [0.3, 0.4) is 0 Å². The van der Waals surface area contributed by atoms with Gasteiger partial charge in [-0.3, -0.25) is 4.79 Å². The zero-order valence-corrected chi connectivity index (χ0v) is 14.8. The number of benzene rings is 2. The second-order valence-electron chi connectivity index (χ2n) is 5.54. The standard InChI is InChI=1S/C17H15F2NO6S/c1-27(24,25)12-4-2-3-11(8-12)26-9-15(21)20-16(17(22)23)13-6-5-10(18)7-14(13)19/h2-8,16H,9H2,1H3,(H,20,21)(H,22,23)/t16-/m1/s1. The van der Waals surface area contributed by atoms with E-state index in [4.69, 9.17) is 4.74 Å². The minimum atomic E-state index is -3.47. The number of halogens is 2. The molecule has 2 rings (SSSR count). The van der Waals surface area contributed by atoms with Gasteiger partial charge in [-0.1, -0.05) is 12.1 Å². The Morgan fingerprint density at radius 3 is 2.48 bits per heavy atom. The summed E-state index contributed by atoms with van der Waals surface area (Å²) in [4.78, 5) is 23.3. The van der Waals surface area contributed by atoms with Crippen molar-refractivity contribution in [2.45, 2.75) is 10.9 Å². The highest BCUT2D eigenvalue weighted by Gasteiger charge is 2.25. The quantitative estimate of drug-likeness (QED) is 0.733. The van der Waals surface area contributed by atoms with Gasteiger partial charge >= 0.3 is 5.97 Å². The lowest BCUT2D eigenvalue weighted by atomic mass is 10.1. The van der Waals surface area contributed by atoms with E-state index in [-0.39, 0.29) is 10.6 Å². The van der Waals surface area contributed by atoms with Gasteiger partial charge < -0.3 is 15.2 Å². The van der Waals surface area contributed by atoms with Gasteiger partial charge in [0.25, 0.3) is 5.91 Å². The highest BCUT2D eigenvalue weighted by atomic mass is 32.2. The predicted octanol–water partition coefficient (Wildman–Crippen LogP) is 1.69. The number of aliphatic carboxylic acids is 1. The Kier molecular flexibility index (Phi) is 6.11. The molecule has 0 aliphatic heterocycles. The van der Waals surface area contributed by atoms with Gasteiger partial charge in [-0.05, 0) is 24.3 Å². The molecule has 2 aromatic carbocycles. The summed E-state index contributed by atoms with van der Waals surface area (Å²) in [6, 6.07) is 5.92. The average Bonchev–Trinajstić information content (AvgIpc) is 2.58. The molecular weight excluding hydrogens is 384 g/mol. The number of carboxylic acid groups (broad SMARTS) is 1. The van der Waals surface area contributed by atoms with Gasteiger partial charge in [-0.25, -0.2) is 22.0 Å². The van der Waals surface area contributed by atoms with Crippen LogP contribution in [0.5, 0.6) is 5.75 Å². The fraction of sp³-hybridized carbons (Fsp3) is 0.176. The predicted molar refractivity (Wildman–Crippen MR) is 89.9 cm³/mol. The molecule has 0 fully saturated rings. The van der Waals surface area contributed by atoms with Gasteiger partial charge in [0.15, 0.2) is 22.5 Å². The molecule has 0 saturated heterocycles. The summed E-state index contributed by atoms with van der Waals surface area (Å²) in [5.74, 6) is -4.37. The summed E-state index contributed by atoms with van der Waals surface area (Å²) in [6.45, 7) is -0.639. The third-order valence-corrected chi connectivity index (χ3v) is 4.54. The number of carbonyl (C=O) groups is 2. The number of carbonyl (C=O) groups excluding carboxylic acids is 1. The Morgan fingerprint density at radius 1 is 1.19 bits per heavy atom. The van der Waals surface area contributed by atoms with Crippen LogP contribution in [-0.4, -0.2) is 38.3 Å². The van der Waals surface area contributed by atoms with Gasteiger partial charge in [0.1, 0.15) is 17.4 Å². The first-order valence-electron chi connectivity index (χ1n) is 7.48. The zero-order chi connectivity index (χ0) is 20.2. The summed E-state index contributed by atoms with van der Waals surface area (Å²) in [7, 11) is -3.47. The van der Waals surface area contributed by atoms with E-state index in [1.807, 2.05) is 0 Å². The lowest BCUT2D eigenvalue weighted by Crippen LogP contribution is -2.37. The SMILES string of the molecule is CS(=O)(=O)c1cccc(OCC(=O)N[C@@H](C(=O)O)c2ccc(F)cc2F)c1. The van der Waals surface area contributed by atoms with Gasteiger partial charge in [0.2, 0.25) is 0 Å². The molecule has 0 heterocycles. The molecule has 0 unspecified atom stereocenters. The molecule has 7 nitrogen and oxygen atoms in total. The molecule has 10 heteroatoms. The van der Waals surface area contributed by atoms with E-state index < -0.39 is 51.6 Å². The first kappa shape index (κ1) is 20.3. The summed E-state index contributed by atoms with van der Waals surface area (Å²) in [5.41, 5.74) is -0.420. The highest BCUT2D eigenvalue weighted by molar-refractivity contribution is 7.90. The number of carboxylic acids is 1. The van der Waals surface area contributed by atoms with E-state index in [2.05, 4.69) is 5.32 Å². The van der Waals surface area contributed by atoms with Gasteiger partial charge in [0.05, 0.1) is 4.90 Å². The van der Waals surface area contributed by atoms with Crippen LogP contribution in [0.25, 0.3) is 0 Å². The Labute approximate surface area is 153 Å². The second kappa shape index (κ2) is 8.12. The van der Waals surface area contributed by atoms with Crippen LogP contribution in [0.15, 0.2) is 47.4 Å². The van der Waals surface area contributed by atoms with E-state index in [0.29, 0.717) is 6.07 Å². The number of hydrogen-bond donors (Lipinski definition) is 2. The molecule has 0 spiro atoms. The van der Waals surface area contributed by atoms with E-state index in [9.17, 15) is 31.9 Å². The van der Waals surface area contributed by atoms with Crippen LogP contribution >= 0.6 is 0 Å². The van der Waals surface area contributed by atoms with E-state index in [1.54, 1.807) is 0 Å². The normalized spacial score (nSPS) is 12.3. The third kappa shape index (κ3) is 5.48. The van der Waals surface area contributed by atoms with Crippen molar-refractivity contribution in [2.75, 3.05) is 12.9 Å². The number of rotatable bonds is 7. The van der Waals surface area contributed by atoms with Crippen LogP contribution in [0.4, 0.5) is 8.78 Å². The fourth-order valence-electron chi connectivity index (χ4n) is 2.15. The van der Waals surface area contributed by atoms with Gasteiger partial charge in [0, 0.05) is 17.9 Å². The van der Waals surface area contributed by atoms with Gasteiger partial charge in [-0.2, -0.15) is 0 Å². The minimum absolute atomic E-state index is 0.0165. The molecule has 1 atom stereocenters. The first-order valence-corrected chi connectivity index (χ1v) is 9.37. The fourth-order valence-corrected chi connectivity index (χ4v) is 2.81. The van der Waals surface area contributed by atoms with E-state index >= 15 is 0 Å².